The Balaban J connectivity index is 1.40. The zero-order valence-corrected chi connectivity index (χ0v) is 15.0. The molecule has 6 heteroatoms. The number of halogens is 1. The second-order valence-corrected chi connectivity index (χ2v) is 6.56. The van der Waals surface area contributed by atoms with Gasteiger partial charge in [0.1, 0.15) is 5.82 Å². The summed E-state index contributed by atoms with van der Waals surface area (Å²) in [6, 6.07) is 15.7. The fourth-order valence-corrected chi connectivity index (χ4v) is 3.06. The summed E-state index contributed by atoms with van der Waals surface area (Å²) in [7, 11) is 0. The van der Waals surface area contributed by atoms with Gasteiger partial charge in [-0.1, -0.05) is 30.3 Å². The summed E-state index contributed by atoms with van der Waals surface area (Å²) >= 11 is 0. The number of hydrogen-bond donors (Lipinski definition) is 3. The number of anilines is 1. The summed E-state index contributed by atoms with van der Waals surface area (Å²) in [5.41, 5.74) is 3.05. The molecule has 0 aliphatic carbocycles. The molecular weight excluding hydrogens is 345 g/mol. The third kappa shape index (κ3) is 5.76. The van der Waals surface area contributed by atoms with Gasteiger partial charge < -0.3 is 15.5 Å². The minimum Gasteiger partial charge on any atom is -0.342 e. The molecule has 2 amide bonds. The van der Waals surface area contributed by atoms with Gasteiger partial charge in [0.2, 0.25) is 5.91 Å². The van der Waals surface area contributed by atoms with E-state index in [1.165, 1.54) is 40.3 Å². The van der Waals surface area contributed by atoms with Crippen molar-refractivity contribution >= 4 is 23.1 Å². The topological polar surface area (TPSA) is 62.6 Å². The van der Waals surface area contributed by atoms with E-state index in [1.807, 2.05) is 18.2 Å². The van der Waals surface area contributed by atoms with E-state index in [0.29, 0.717) is 12.2 Å². The maximum atomic E-state index is 12.8. The Morgan fingerprint density at radius 2 is 1.74 bits per heavy atom. The Bertz CT molecular complexity index is 819. The first-order chi connectivity index (χ1) is 13.1. The van der Waals surface area contributed by atoms with Gasteiger partial charge in [-0.05, 0) is 41.5 Å². The van der Waals surface area contributed by atoms with E-state index in [0.717, 1.165) is 19.5 Å². The molecule has 2 aromatic carbocycles. The molecule has 0 saturated carbocycles. The Morgan fingerprint density at radius 3 is 2.41 bits per heavy atom. The Labute approximate surface area is 157 Å². The molecule has 0 saturated heterocycles. The summed E-state index contributed by atoms with van der Waals surface area (Å²) in [4.78, 5) is 25.1. The van der Waals surface area contributed by atoms with Crippen molar-refractivity contribution in [3.05, 3.63) is 72.1 Å². The third-order valence-electron chi connectivity index (χ3n) is 4.51. The molecule has 27 heavy (non-hydrogen) atoms. The van der Waals surface area contributed by atoms with Gasteiger partial charge in [0.15, 0.2) is 6.54 Å². The lowest BCUT2D eigenvalue weighted by atomic mass is 10.00. The molecule has 140 valence electrons. The van der Waals surface area contributed by atoms with Gasteiger partial charge in [-0.3, -0.25) is 9.59 Å². The number of carbonyl (C=O) groups is 2. The summed E-state index contributed by atoms with van der Waals surface area (Å²) in [5.74, 6) is -0.860. The van der Waals surface area contributed by atoms with Crippen molar-refractivity contribution < 1.29 is 18.9 Å². The first kappa shape index (κ1) is 18.8. The van der Waals surface area contributed by atoms with Crippen LogP contribution in [-0.4, -0.2) is 38.0 Å². The zero-order chi connectivity index (χ0) is 19.1. The van der Waals surface area contributed by atoms with Crippen LogP contribution in [0.25, 0.3) is 5.57 Å². The zero-order valence-electron chi connectivity index (χ0n) is 15.0. The van der Waals surface area contributed by atoms with Crippen LogP contribution in [0.5, 0.6) is 0 Å². The molecule has 0 spiro atoms. The standard InChI is InChI=1S/C21H22FN3O2/c22-18-6-8-19(9-7-18)24-20(26)14-23-21(27)15-25-12-10-17(11-13-25)16-4-2-1-3-5-16/h1-10H,11-15H2,(H,23,27)(H,24,26)/p+1. The van der Waals surface area contributed by atoms with Crippen molar-refractivity contribution in [1.82, 2.24) is 5.32 Å². The van der Waals surface area contributed by atoms with Gasteiger partial charge in [0.25, 0.3) is 5.91 Å². The molecule has 0 bridgehead atoms. The van der Waals surface area contributed by atoms with Crippen LogP contribution in [0.15, 0.2) is 60.7 Å². The highest BCUT2D eigenvalue weighted by molar-refractivity contribution is 5.94. The number of nitrogens with one attached hydrogen (secondary N) is 3. The lowest BCUT2D eigenvalue weighted by Crippen LogP contribution is -3.13. The second kappa shape index (κ2) is 9.09. The average Bonchev–Trinajstić information content (AvgIpc) is 2.69. The van der Waals surface area contributed by atoms with Crippen molar-refractivity contribution in [3.63, 3.8) is 0 Å². The van der Waals surface area contributed by atoms with Crippen molar-refractivity contribution in [3.8, 4) is 0 Å². The Kier molecular flexibility index (Phi) is 6.33. The highest BCUT2D eigenvalue weighted by Gasteiger charge is 2.19. The van der Waals surface area contributed by atoms with Crippen LogP contribution in [0.4, 0.5) is 10.1 Å². The van der Waals surface area contributed by atoms with E-state index in [2.05, 4.69) is 28.8 Å². The minimum absolute atomic E-state index is 0.103. The van der Waals surface area contributed by atoms with Crippen LogP contribution in [0, 0.1) is 5.82 Å². The highest BCUT2D eigenvalue weighted by Crippen LogP contribution is 2.17. The van der Waals surface area contributed by atoms with Crippen molar-refractivity contribution in [2.24, 2.45) is 0 Å². The van der Waals surface area contributed by atoms with Gasteiger partial charge >= 0.3 is 0 Å². The smallest absolute Gasteiger partial charge is 0.275 e. The number of amides is 2. The molecular formula is C21H23FN3O2+. The summed E-state index contributed by atoms with van der Waals surface area (Å²) in [6.07, 6.45) is 3.11. The minimum atomic E-state index is -0.365. The molecule has 0 radical (unpaired) electrons. The SMILES string of the molecule is O=C(C[NH+]1CC=C(c2ccccc2)CC1)NCC(=O)Nc1ccc(F)cc1. The van der Waals surface area contributed by atoms with Crippen molar-refractivity contribution in [2.45, 2.75) is 6.42 Å². The van der Waals surface area contributed by atoms with Crippen LogP contribution in [-0.2, 0) is 9.59 Å². The molecule has 5 nitrogen and oxygen atoms in total. The van der Waals surface area contributed by atoms with Gasteiger partial charge in [0, 0.05) is 12.1 Å². The molecule has 1 atom stereocenters. The molecule has 3 rings (SSSR count). The largest absolute Gasteiger partial charge is 0.342 e. The third-order valence-corrected chi connectivity index (χ3v) is 4.51. The monoisotopic (exact) mass is 368 g/mol. The maximum Gasteiger partial charge on any atom is 0.275 e. The van der Waals surface area contributed by atoms with Crippen LogP contribution in [0.1, 0.15) is 12.0 Å². The Hall–Kier alpha value is -2.99. The first-order valence-corrected chi connectivity index (χ1v) is 9.00. The molecule has 0 fully saturated rings. The fourth-order valence-electron chi connectivity index (χ4n) is 3.06. The normalized spacial score (nSPS) is 16.3. The van der Waals surface area contributed by atoms with Gasteiger partial charge in [0.05, 0.1) is 19.6 Å². The molecule has 1 aliphatic heterocycles. The second-order valence-electron chi connectivity index (χ2n) is 6.56. The molecule has 1 heterocycles. The van der Waals surface area contributed by atoms with E-state index in [1.54, 1.807) is 0 Å². The van der Waals surface area contributed by atoms with E-state index < -0.39 is 0 Å². The van der Waals surface area contributed by atoms with Gasteiger partial charge in [-0.2, -0.15) is 0 Å². The first-order valence-electron chi connectivity index (χ1n) is 9.00. The molecule has 3 N–H and O–H groups in total. The van der Waals surface area contributed by atoms with E-state index in [9.17, 15) is 14.0 Å². The lowest BCUT2D eigenvalue weighted by molar-refractivity contribution is -0.886. The number of hydrogen-bond acceptors (Lipinski definition) is 2. The van der Waals surface area contributed by atoms with Crippen LogP contribution >= 0.6 is 0 Å². The predicted molar refractivity (Wildman–Crippen MR) is 103 cm³/mol. The average molecular weight is 368 g/mol. The van der Waals surface area contributed by atoms with Crippen LogP contribution < -0.4 is 15.5 Å². The van der Waals surface area contributed by atoms with Crippen molar-refractivity contribution in [2.75, 3.05) is 31.5 Å². The van der Waals surface area contributed by atoms with E-state index in [4.69, 9.17) is 0 Å². The quantitative estimate of drug-likeness (QED) is 0.719. The predicted octanol–water partition coefficient (Wildman–Crippen LogP) is 1.25. The fraction of sp³-hybridized carbons (Fsp3) is 0.238. The number of carbonyl (C=O) groups excluding carboxylic acids is 2. The summed E-state index contributed by atoms with van der Waals surface area (Å²) in [5, 5.41) is 5.25. The number of rotatable bonds is 6. The van der Waals surface area contributed by atoms with Crippen molar-refractivity contribution in [1.29, 1.82) is 0 Å². The van der Waals surface area contributed by atoms with E-state index >= 15 is 0 Å². The molecule has 1 unspecified atom stereocenters. The van der Waals surface area contributed by atoms with Crippen LogP contribution in [0.2, 0.25) is 0 Å². The number of benzene rings is 2. The van der Waals surface area contributed by atoms with Crippen LogP contribution in [0.3, 0.4) is 0 Å². The number of quaternary nitrogens is 1. The van der Waals surface area contributed by atoms with Gasteiger partial charge in [-0.15, -0.1) is 0 Å². The highest BCUT2D eigenvalue weighted by atomic mass is 19.1. The summed E-state index contributed by atoms with van der Waals surface area (Å²) in [6.45, 7) is 1.91. The summed E-state index contributed by atoms with van der Waals surface area (Å²) < 4.78 is 12.8. The maximum absolute atomic E-state index is 12.8. The van der Waals surface area contributed by atoms with E-state index in [-0.39, 0.29) is 24.2 Å². The Morgan fingerprint density at radius 1 is 1.00 bits per heavy atom. The van der Waals surface area contributed by atoms with Gasteiger partial charge in [-0.25, -0.2) is 4.39 Å². The molecule has 0 aromatic heterocycles. The lowest BCUT2D eigenvalue weighted by Gasteiger charge is -2.23. The molecule has 2 aromatic rings. The molecule has 1 aliphatic rings.